The second-order valence-corrected chi connectivity index (χ2v) is 3.34. The lowest BCUT2D eigenvalue weighted by molar-refractivity contribution is 0.627. The molecule has 0 bridgehead atoms. The number of fused-ring (bicyclic) bond motifs is 1. The molecule has 0 amide bonds. The Balaban J connectivity index is 2.61. The first-order valence-corrected chi connectivity index (χ1v) is 4.45. The summed E-state index contributed by atoms with van der Waals surface area (Å²) in [5, 5.41) is 0. The monoisotopic (exact) mass is 179 g/mol. The van der Waals surface area contributed by atoms with E-state index in [-0.39, 0.29) is 4.86 Å². The summed E-state index contributed by atoms with van der Waals surface area (Å²) < 4.78 is 21.1. The van der Waals surface area contributed by atoms with Crippen molar-refractivity contribution >= 4 is 21.4 Å². The van der Waals surface area contributed by atoms with Crippen molar-refractivity contribution in [2.75, 3.05) is 0 Å². The maximum absolute atomic E-state index is 10.5. The summed E-state index contributed by atoms with van der Waals surface area (Å²) in [6.45, 7) is 0. The highest BCUT2D eigenvalue weighted by atomic mass is 32.2. The Kier molecular flexibility index (Phi) is 1.55. The summed E-state index contributed by atoms with van der Waals surface area (Å²) in [5.74, 6) is 0. The van der Waals surface area contributed by atoms with Crippen LogP contribution < -0.4 is 0 Å². The fourth-order valence-corrected chi connectivity index (χ4v) is 1.46. The average molecular weight is 179 g/mol. The Morgan fingerprint density at radius 3 is 2.83 bits per heavy atom. The van der Waals surface area contributed by atoms with Gasteiger partial charge in [0.1, 0.15) is 0 Å². The number of aliphatic imine (C=N–C) groups is 1. The molecule has 0 atom stereocenters. The van der Waals surface area contributed by atoms with Crippen molar-refractivity contribution in [1.29, 1.82) is 0 Å². The van der Waals surface area contributed by atoms with Gasteiger partial charge in [-0.1, -0.05) is 6.08 Å². The van der Waals surface area contributed by atoms with E-state index >= 15 is 0 Å². The molecule has 1 aliphatic carbocycles. The molecular formula is C8H5NO2S. The minimum Gasteiger partial charge on any atom is -0.256 e. The lowest BCUT2D eigenvalue weighted by Gasteiger charge is -2.01. The molecular weight excluding hydrogens is 174 g/mol. The molecule has 4 heteroatoms. The van der Waals surface area contributed by atoms with Gasteiger partial charge in [0.15, 0.2) is 0 Å². The topological polar surface area (TPSA) is 46.5 Å². The number of nitrogens with zero attached hydrogens (tertiary/aromatic N) is 1. The van der Waals surface area contributed by atoms with Crippen molar-refractivity contribution in [3.63, 3.8) is 0 Å². The zero-order valence-corrected chi connectivity index (χ0v) is 6.88. The first-order chi connectivity index (χ1) is 5.77. The van der Waals surface area contributed by atoms with Gasteiger partial charge in [-0.2, -0.15) is 8.42 Å². The van der Waals surface area contributed by atoms with E-state index < -0.39 is 10.3 Å². The Morgan fingerprint density at radius 1 is 1.25 bits per heavy atom. The molecule has 0 aromatic rings. The molecule has 0 aromatic heterocycles. The third kappa shape index (κ3) is 1.06. The van der Waals surface area contributed by atoms with Crippen molar-refractivity contribution in [2.24, 2.45) is 4.99 Å². The maximum Gasteiger partial charge on any atom is 0.221 e. The fourth-order valence-electron chi connectivity index (χ4n) is 1.08. The minimum absolute atomic E-state index is 0.279. The number of hydrogen-bond acceptors (Lipinski definition) is 3. The predicted molar refractivity (Wildman–Crippen MR) is 47.7 cm³/mol. The summed E-state index contributed by atoms with van der Waals surface area (Å²) in [5.41, 5.74) is 1.68. The first kappa shape index (κ1) is 7.24. The van der Waals surface area contributed by atoms with Gasteiger partial charge in [-0.3, -0.25) is 4.99 Å². The molecule has 0 radical (unpaired) electrons. The van der Waals surface area contributed by atoms with Gasteiger partial charge >= 0.3 is 0 Å². The Labute approximate surface area is 71.0 Å². The molecule has 0 saturated carbocycles. The number of allylic oxidation sites excluding steroid dienone is 4. The Hall–Kier alpha value is -1.42. The SMILES string of the molecule is O=S(=O)=C1C=CC2=CC=NC2=C1. The fraction of sp³-hybridized carbons (Fsp3) is 0. The number of hydrogen-bond donors (Lipinski definition) is 0. The molecule has 0 fully saturated rings. The molecule has 12 heavy (non-hydrogen) atoms. The van der Waals surface area contributed by atoms with Crippen molar-refractivity contribution in [1.82, 2.24) is 0 Å². The Bertz CT molecular complexity index is 467. The quantitative estimate of drug-likeness (QED) is 0.508. The van der Waals surface area contributed by atoms with Crippen LogP contribution in [0.15, 0.2) is 40.6 Å². The molecule has 0 aromatic carbocycles. The standard InChI is InChI=1S/C8H5NO2S/c10-12(11)7-2-1-6-3-4-9-8(6)5-7/h1-5H. The largest absolute Gasteiger partial charge is 0.256 e. The predicted octanol–water partition coefficient (Wildman–Crippen LogP) is 0.502. The van der Waals surface area contributed by atoms with Gasteiger partial charge < -0.3 is 0 Å². The van der Waals surface area contributed by atoms with Gasteiger partial charge in [-0.15, -0.1) is 0 Å². The third-order valence-electron chi connectivity index (χ3n) is 1.66. The van der Waals surface area contributed by atoms with Crippen LogP contribution in [0.4, 0.5) is 0 Å². The van der Waals surface area contributed by atoms with E-state index in [4.69, 9.17) is 0 Å². The van der Waals surface area contributed by atoms with Crippen molar-refractivity contribution in [3.8, 4) is 0 Å². The van der Waals surface area contributed by atoms with E-state index in [1.807, 2.05) is 6.08 Å². The van der Waals surface area contributed by atoms with Gasteiger partial charge in [0.25, 0.3) is 0 Å². The summed E-state index contributed by atoms with van der Waals surface area (Å²) in [6, 6.07) is 0. The molecule has 0 N–H and O–H groups in total. The van der Waals surface area contributed by atoms with Crippen LogP contribution in [0.2, 0.25) is 0 Å². The van der Waals surface area contributed by atoms with E-state index in [1.54, 1.807) is 24.4 Å². The van der Waals surface area contributed by atoms with Gasteiger partial charge in [0, 0.05) is 11.8 Å². The highest BCUT2D eigenvalue weighted by Gasteiger charge is 2.10. The van der Waals surface area contributed by atoms with Gasteiger partial charge in [0.2, 0.25) is 10.3 Å². The maximum atomic E-state index is 10.5. The minimum atomic E-state index is -2.16. The van der Waals surface area contributed by atoms with Crippen LogP contribution in [0.5, 0.6) is 0 Å². The molecule has 0 spiro atoms. The third-order valence-corrected chi connectivity index (χ3v) is 2.30. The molecule has 2 aliphatic rings. The van der Waals surface area contributed by atoms with E-state index in [1.165, 1.54) is 0 Å². The zero-order chi connectivity index (χ0) is 8.55. The molecule has 3 nitrogen and oxygen atoms in total. The van der Waals surface area contributed by atoms with Crippen LogP contribution in [0.3, 0.4) is 0 Å². The van der Waals surface area contributed by atoms with E-state index in [0.29, 0.717) is 0 Å². The van der Waals surface area contributed by atoms with E-state index in [2.05, 4.69) is 4.99 Å². The molecule has 1 aliphatic heterocycles. The van der Waals surface area contributed by atoms with Crippen LogP contribution in [-0.4, -0.2) is 19.5 Å². The van der Waals surface area contributed by atoms with Crippen LogP contribution >= 0.6 is 0 Å². The van der Waals surface area contributed by atoms with Crippen LogP contribution in [0.25, 0.3) is 0 Å². The zero-order valence-electron chi connectivity index (χ0n) is 6.06. The van der Waals surface area contributed by atoms with Crippen molar-refractivity contribution in [3.05, 3.63) is 35.6 Å². The highest BCUT2D eigenvalue weighted by molar-refractivity contribution is 7.73. The second-order valence-electron chi connectivity index (χ2n) is 2.40. The van der Waals surface area contributed by atoms with Gasteiger partial charge in [-0.25, -0.2) is 0 Å². The number of rotatable bonds is 0. The normalized spacial score (nSPS) is 18.8. The smallest absolute Gasteiger partial charge is 0.221 e. The first-order valence-electron chi connectivity index (χ1n) is 3.38. The van der Waals surface area contributed by atoms with Crippen LogP contribution in [-0.2, 0) is 10.3 Å². The summed E-state index contributed by atoms with van der Waals surface area (Å²) in [6.07, 6.45) is 8.36. The highest BCUT2D eigenvalue weighted by Crippen LogP contribution is 2.20. The molecule has 0 saturated heterocycles. The molecule has 0 unspecified atom stereocenters. The van der Waals surface area contributed by atoms with E-state index in [0.717, 1.165) is 11.3 Å². The molecule has 2 rings (SSSR count). The average Bonchev–Trinajstić information content (AvgIpc) is 2.49. The molecule has 60 valence electrons. The summed E-state index contributed by atoms with van der Waals surface area (Å²) >= 11 is 0. The summed E-state index contributed by atoms with van der Waals surface area (Å²) in [4.78, 5) is 4.27. The Morgan fingerprint density at radius 2 is 2.08 bits per heavy atom. The summed E-state index contributed by atoms with van der Waals surface area (Å²) in [7, 11) is -2.16. The van der Waals surface area contributed by atoms with Gasteiger partial charge in [0.05, 0.1) is 10.6 Å². The van der Waals surface area contributed by atoms with Crippen molar-refractivity contribution < 1.29 is 8.42 Å². The lowest BCUT2D eigenvalue weighted by atomic mass is 10.1. The second kappa shape index (κ2) is 2.57. The molecule has 1 heterocycles. The lowest BCUT2D eigenvalue weighted by Crippen LogP contribution is -1.97. The van der Waals surface area contributed by atoms with E-state index in [9.17, 15) is 8.42 Å². The van der Waals surface area contributed by atoms with Gasteiger partial charge in [-0.05, 0) is 18.2 Å². The van der Waals surface area contributed by atoms with Crippen molar-refractivity contribution in [2.45, 2.75) is 0 Å². The van der Waals surface area contributed by atoms with Crippen LogP contribution in [0, 0.1) is 0 Å². The van der Waals surface area contributed by atoms with Crippen LogP contribution in [0.1, 0.15) is 0 Å².